The average Bonchev–Trinajstić information content (AvgIpc) is 2.82. The van der Waals surface area contributed by atoms with E-state index >= 15 is 0 Å². The molecule has 3 aliphatic rings. The van der Waals surface area contributed by atoms with Crippen molar-refractivity contribution < 1.29 is 19.7 Å². The molecule has 3 fully saturated rings. The highest BCUT2D eigenvalue weighted by Gasteiger charge is 2.50. The molecule has 0 bridgehead atoms. The normalized spacial score (nSPS) is 37.4. The average molecular weight is 356 g/mol. The van der Waals surface area contributed by atoms with Gasteiger partial charge < -0.3 is 19.7 Å². The third-order valence-electron chi connectivity index (χ3n) is 6.60. The predicted molar refractivity (Wildman–Crippen MR) is 96.6 cm³/mol. The van der Waals surface area contributed by atoms with E-state index in [1.807, 2.05) is 4.90 Å². The lowest BCUT2D eigenvalue weighted by Crippen LogP contribution is -2.50. The van der Waals surface area contributed by atoms with Crippen LogP contribution in [0.25, 0.3) is 0 Å². The zero-order valence-corrected chi connectivity index (χ0v) is 16.4. The molecule has 1 aliphatic carbocycles. The summed E-state index contributed by atoms with van der Waals surface area (Å²) in [6.07, 6.45) is 4.46. The number of hydrogen-bond donors (Lipinski definition) is 2. The predicted octanol–water partition coefficient (Wildman–Crippen LogP) is 2.81. The van der Waals surface area contributed by atoms with E-state index in [4.69, 9.17) is 9.47 Å². The Kier molecular flexibility index (Phi) is 6.11. The minimum absolute atomic E-state index is 0.102. The van der Waals surface area contributed by atoms with Crippen LogP contribution in [0.5, 0.6) is 0 Å². The van der Waals surface area contributed by atoms with Gasteiger partial charge in [0.15, 0.2) is 5.79 Å². The second-order valence-corrected chi connectivity index (χ2v) is 9.13. The summed E-state index contributed by atoms with van der Waals surface area (Å²) >= 11 is 0. The molecular formula is C20H37NO4. The van der Waals surface area contributed by atoms with E-state index in [2.05, 4.69) is 27.7 Å². The molecule has 0 aromatic heterocycles. The molecule has 2 aliphatic heterocycles. The van der Waals surface area contributed by atoms with Crippen molar-refractivity contribution in [1.29, 1.82) is 0 Å². The SMILES string of the molecule is CC(C)C1C(C(C)C)C(O)N(CC2COC3(CCCCC3)OC2)C1O. The Morgan fingerprint density at radius 3 is 1.80 bits per heavy atom. The fourth-order valence-electron chi connectivity index (χ4n) is 5.20. The van der Waals surface area contributed by atoms with Crippen molar-refractivity contribution in [2.75, 3.05) is 19.8 Å². The Labute approximate surface area is 152 Å². The van der Waals surface area contributed by atoms with Gasteiger partial charge in [0.05, 0.1) is 13.2 Å². The van der Waals surface area contributed by atoms with Gasteiger partial charge in [0, 0.05) is 37.1 Å². The van der Waals surface area contributed by atoms with E-state index < -0.39 is 12.5 Å². The van der Waals surface area contributed by atoms with Crippen LogP contribution in [-0.2, 0) is 9.47 Å². The molecule has 0 radical (unpaired) electrons. The Morgan fingerprint density at radius 2 is 1.36 bits per heavy atom. The third kappa shape index (κ3) is 3.91. The van der Waals surface area contributed by atoms with Crippen molar-refractivity contribution in [3.05, 3.63) is 0 Å². The van der Waals surface area contributed by atoms with E-state index in [0.29, 0.717) is 31.6 Å². The van der Waals surface area contributed by atoms with Crippen molar-refractivity contribution in [3.63, 3.8) is 0 Å². The molecule has 0 amide bonds. The minimum atomic E-state index is -0.590. The summed E-state index contributed by atoms with van der Waals surface area (Å²) in [5, 5.41) is 21.7. The van der Waals surface area contributed by atoms with Gasteiger partial charge in [-0.15, -0.1) is 0 Å². The highest BCUT2D eigenvalue weighted by molar-refractivity contribution is 4.94. The maximum Gasteiger partial charge on any atom is 0.168 e. The van der Waals surface area contributed by atoms with Crippen LogP contribution in [0.1, 0.15) is 59.8 Å². The van der Waals surface area contributed by atoms with Gasteiger partial charge in [-0.25, -0.2) is 0 Å². The Morgan fingerprint density at radius 1 is 0.880 bits per heavy atom. The van der Waals surface area contributed by atoms with Gasteiger partial charge in [-0.3, -0.25) is 4.90 Å². The summed E-state index contributed by atoms with van der Waals surface area (Å²) in [7, 11) is 0. The van der Waals surface area contributed by atoms with Gasteiger partial charge in [0.2, 0.25) is 0 Å². The molecule has 25 heavy (non-hydrogen) atoms. The number of aliphatic hydroxyl groups excluding tert-OH is 2. The number of rotatable bonds is 4. The molecule has 0 aromatic rings. The monoisotopic (exact) mass is 355 g/mol. The van der Waals surface area contributed by atoms with E-state index in [-0.39, 0.29) is 23.5 Å². The summed E-state index contributed by atoms with van der Waals surface area (Å²) in [5.74, 6) is 0.737. The summed E-state index contributed by atoms with van der Waals surface area (Å²) in [6, 6.07) is 0. The number of likely N-dealkylation sites (tertiary alicyclic amines) is 1. The lowest BCUT2D eigenvalue weighted by molar-refractivity contribution is -0.297. The molecule has 2 heterocycles. The van der Waals surface area contributed by atoms with Crippen molar-refractivity contribution >= 4 is 0 Å². The Balaban J connectivity index is 1.61. The zero-order valence-electron chi connectivity index (χ0n) is 16.4. The molecule has 0 aromatic carbocycles. The van der Waals surface area contributed by atoms with Gasteiger partial charge in [0.25, 0.3) is 0 Å². The van der Waals surface area contributed by atoms with E-state index in [1.165, 1.54) is 19.3 Å². The maximum atomic E-state index is 10.9. The van der Waals surface area contributed by atoms with Crippen LogP contribution in [-0.4, -0.2) is 53.1 Å². The van der Waals surface area contributed by atoms with E-state index in [9.17, 15) is 10.2 Å². The summed E-state index contributed by atoms with van der Waals surface area (Å²) < 4.78 is 12.3. The maximum absolute atomic E-state index is 10.9. The zero-order chi connectivity index (χ0) is 18.2. The van der Waals surface area contributed by atoms with Crippen LogP contribution in [0, 0.1) is 29.6 Å². The molecule has 1 saturated carbocycles. The van der Waals surface area contributed by atoms with Crippen molar-refractivity contribution in [3.8, 4) is 0 Å². The smallest absolute Gasteiger partial charge is 0.168 e. The van der Waals surface area contributed by atoms with Crippen LogP contribution in [0.15, 0.2) is 0 Å². The Bertz CT molecular complexity index is 405. The van der Waals surface area contributed by atoms with Crippen LogP contribution in [0.3, 0.4) is 0 Å². The molecule has 5 nitrogen and oxygen atoms in total. The van der Waals surface area contributed by atoms with Gasteiger partial charge in [-0.1, -0.05) is 34.1 Å². The largest absolute Gasteiger partial charge is 0.378 e. The summed E-state index contributed by atoms with van der Waals surface area (Å²) in [5.41, 5.74) is 0. The molecule has 4 unspecified atom stereocenters. The van der Waals surface area contributed by atoms with Gasteiger partial charge in [0.1, 0.15) is 12.5 Å². The lowest BCUT2D eigenvalue weighted by Gasteiger charge is -2.43. The molecule has 3 rings (SSSR count). The number of hydrogen-bond acceptors (Lipinski definition) is 5. The molecule has 2 N–H and O–H groups in total. The van der Waals surface area contributed by atoms with Gasteiger partial charge >= 0.3 is 0 Å². The van der Waals surface area contributed by atoms with Crippen LogP contribution in [0.4, 0.5) is 0 Å². The van der Waals surface area contributed by atoms with E-state index in [1.54, 1.807) is 0 Å². The van der Waals surface area contributed by atoms with E-state index in [0.717, 1.165) is 12.8 Å². The minimum Gasteiger partial charge on any atom is -0.378 e. The first-order chi connectivity index (χ1) is 11.8. The fourth-order valence-corrected chi connectivity index (χ4v) is 5.20. The third-order valence-corrected chi connectivity index (χ3v) is 6.60. The first-order valence-corrected chi connectivity index (χ1v) is 10.2. The fraction of sp³-hybridized carbons (Fsp3) is 1.00. The molecule has 1 spiro atoms. The van der Waals surface area contributed by atoms with Crippen molar-refractivity contribution in [1.82, 2.24) is 4.90 Å². The standard InChI is InChI=1S/C20H37NO4/c1-13(2)16-17(14(3)4)19(23)21(18(16)22)10-15-11-24-20(25-12-15)8-6-5-7-9-20/h13-19,22-23H,5-12H2,1-4H3. The molecule has 5 heteroatoms. The molecule has 4 atom stereocenters. The first kappa shape index (κ1) is 19.6. The first-order valence-electron chi connectivity index (χ1n) is 10.2. The van der Waals surface area contributed by atoms with Crippen LogP contribution >= 0.6 is 0 Å². The van der Waals surface area contributed by atoms with Crippen molar-refractivity contribution in [2.24, 2.45) is 29.6 Å². The quantitative estimate of drug-likeness (QED) is 0.812. The van der Waals surface area contributed by atoms with Crippen LogP contribution in [0.2, 0.25) is 0 Å². The molecular weight excluding hydrogens is 318 g/mol. The van der Waals surface area contributed by atoms with Crippen LogP contribution < -0.4 is 0 Å². The second-order valence-electron chi connectivity index (χ2n) is 9.13. The molecule has 2 saturated heterocycles. The Hall–Kier alpha value is -0.200. The highest BCUT2D eigenvalue weighted by atomic mass is 16.7. The topological polar surface area (TPSA) is 62.2 Å². The van der Waals surface area contributed by atoms with Crippen molar-refractivity contribution in [2.45, 2.75) is 78.0 Å². The summed E-state index contributed by atoms with van der Waals surface area (Å²) in [4.78, 5) is 1.88. The lowest BCUT2D eigenvalue weighted by atomic mass is 9.78. The second kappa shape index (κ2) is 7.81. The highest BCUT2D eigenvalue weighted by Crippen LogP contribution is 2.43. The van der Waals surface area contributed by atoms with Gasteiger partial charge in [-0.2, -0.15) is 0 Å². The number of nitrogens with zero attached hydrogens (tertiary/aromatic N) is 1. The summed E-state index contributed by atoms with van der Waals surface area (Å²) in [6.45, 7) is 10.5. The van der Waals surface area contributed by atoms with Gasteiger partial charge in [-0.05, 0) is 24.7 Å². The molecule has 146 valence electrons. The number of ether oxygens (including phenoxy) is 2. The number of aliphatic hydroxyl groups is 2.